The molecular formula is C25H27F3N2O4S. The highest BCUT2D eigenvalue weighted by Crippen LogP contribution is 2.46. The number of methoxy groups -OCH3 is 1. The molecule has 35 heavy (non-hydrogen) atoms. The van der Waals surface area contributed by atoms with Crippen LogP contribution in [-0.4, -0.2) is 43.1 Å². The monoisotopic (exact) mass is 508 g/mol. The van der Waals surface area contributed by atoms with E-state index in [1.807, 2.05) is 6.07 Å². The lowest BCUT2D eigenvalue weighted by Crippen LogP contribution is -2.51. The van der Waals surface area contributed by atoms with Crippen molar-refractivity contribution in [2.24, 2.45) is 0 Å². The Bertz CT molecular complexity index is 1390. The number of rotatable bonds is 8. The van der Waals surface area contributed by atoms with Crippen molar-refractivity contribution in [2.75, 3.05) is 12.9 Å². The van der Waals surface area contributed by atoms with Crippen molar-refractivity contribution in [3.05, 3.63) is 59.3 Å². The van der Waals surface area contributed by atoms with Gasteiger partial charge in [-0.3, -0.25) is 0 Å². The van der Waals surface area contributed by atoms with Crippen LogP contribution in [0.2, 0.25) is 0 Å². The molecular weight excluding hydrogens is 481 g/mol. The number of ether oxygens (including phenoxy) is 1. The molecule has 1 atom stereocenters. The fourth-order valence-corrected chi connectivity index (χ4v) is 5.32. The number of hydrogen-bond acceptors (Lipinski definition) is 5. The molecule has 1 aromatic heterocycles. The molecule has 0 amide bonds. The number of fused-ring (bicyclic) bond motifs is 1. The van der Waals surface area contributed by atoms with Crippen LogP contribution in [0.15, 0.2) is 47.4 Å². The van der Waals surface area contributed by atoms with Crippen molar-refractivity contribution in [3.63, 3.8) is 0 Å². The molecule has 6 nitrogen and oxygen atoms in total. The second kappa shape index (κ2) is 9.21. The highest BCUT2D eigenvalue weighted by atomic mass is 32.2. The van der Waals surface area contributed by atoms with E-state index < -0.39 is 39.9 Å². The number of hydrogen-bond donors (Lipinski definition) is 2. The first kappa shape index (κ1) is 26.6. The van der Waals surface area contributed by atoms with Crippen molar-refractivity contribution in [1.29, 1.82) is 5.26 Å². The Morgan fingerprint density at radius 1 is 1.14 bits per heavy atom. The van der Waals surface area contributed by atoms with Crippen LogP contribution in [0.3, 0.4) is 0 Å². The van der Waals surface area contributed by atoms with E-state index in [0.717, 1.165) is 0 Å². The average molecular weight is 509 g/mol. The van der Waals surface area contributed by atoms with Crippen LogP contribution in [0.1, 0.15) is 44.0 Å². The number of H-pyrrole nitrogens is 1. The predicted molar refractivity (Wildman–Crippen MR) is 126 cm³/mol. The SMILES string of the molecule is CCS(=O)(=O)c1ccc(OC)c(C(C)(C)CC(O)(Cc2[nH]c3ccccc3c2C#N)C(F)(F)F)c1. The van der Waals surface area contributed by atoms with Gasteiger partial charge in [-0.05, 0) is 36.1 Å². The molecule has 0 aliphatic heterocycles. The Balaban J connectivity index is 2.11. The minimum atomic E-state index is -5.05. The van der Waals surface area contributed by atoms with Crippen molar-refractivity contribution >= 4 is 20.7 Å². The summed E-state index contributed by atoms with van der Waals surface area (Å²) >= 11 is 0. The number of sulfone groups is 1. The maximum atomic E-state index is 14.4. The van der Waals surface area contributed by atoms with E-state index >= 15 is 0 Å². The maximum absolute atomic E-state index is 14.4. The van der Waals surface area contributed by atoms with Crippen LogP contribution in [0, 0.1) is 11.3 Å². The van der Waals surface area contributed by atoms with E-state index in [2.05, 4.69) is 4.98 Å². The molecule has 0 fully saturated rings. The van der Waals surface area contributed by atoms with E-state index in [1.54, 1.807) is 24.3 Å². The third-order valence-electron chi connectivity index (χ3n) is 6.27. The van der Waals surface area contributed by atoms with E-state index in [0.29, 0.717) is 10.9 Å². The topological polar surface area (TPSA) is 103 Å². The summed E-state index contributed by atoms with van der Waals surface area (Å²) in [5.74, 6) is 0.0288. The number of alkyl halides is 3. The van der Waals surface area contributed by atoms with Crippen LogP contribution in [0.25, 0.3) is 10.9 Å². The number of aliphatic hydroxyl groups is 1. The van der Waals surface area contributed by atoms with E-state index in [9.17, 15) is 32.0 Å². The zero-order chi connectivity index (χ0) is 26.2. The molecule has 2 aromatic carbocycles. The molecule has 188 valence electrons. The predicted octanol–water partition coefficient (Wildman–Crippen LogP) is 5.05. The summed E-state index contributed by atoms with van der Waals surface area (Å²) in [5.41, 5.74) is -3.88. The first-order valence-corrected chi connectivity index (χ1v) is 12.5. The lowest BCUT2D eigenvalue weighted by molar-refractivity contribution is -0.266. The zero-order valence-electron chi connectivity index (χ0n) is 19.8. The fourth-order valence-electron chi connectivity index (χ4n) is 4.42. The lowest BCUT2D eigenvalue weighted by Gasteiger charge is -2.38. The van der Waals surface area contributed by atoms with E-state index in [1.165, 1.54) is 46.1 Å². The average Bonchev–Trinajstić information content (AvgIpc) is 3.13. The number of nitrogens with zero attached hydrogens (tertiary/aromatic N) is 1. The third-order valence-corrected chi connectivity index (χ3v) is 8.00. The maximum Gasteiger partial charge on any atom is 0.417 e. The number of nitriles is 1. The molecule has 3 aromatic rings. The van der Waals surface area contributed by atoms with Crippen LogP contribution in [0.5, 0.6) is 5.75 Å². The molecule has 0 bridgehead atoms. The number of aromatic nitrogens is 1. The number of para-hydroxylation sites is 1. The van der Waals surface area contributed by atoms with Crippen LogP contribution in [0.4, 0.5) is 13.2 Å². The zero-order valence-corrected chi connectivity index (χ0v) is 20.6. The van der Waals surface area contributed by atoms with Gasteiger partial charge in [-0.15, -0.1) is 0 Å². The highest BCUT2D eigenvalue weighted by molar-refractivity contribution is 7.91. The molecule has 0 saturated heterocycles. The molecule has 0 spiro atoms. The van der Waals surface area contributed by atoms with Gasteiger partial charge in [0.25, 0.3) is 0 Å². The fraction of sp³-hybridized carbons (Fsp3) is 0.400. The minimum absolute atomic E-state index is 0.0291. The van der Waals surface area contributed by atoms with Gasteiger partial charge in [0, 0.05) is 28.6 Å². The van der Waals surface area contributed by atoms with Crippen molar-refractivity contribution in [3.8, 4) is 11.8 Å². The first-order valence-electron chi connectivity index (χ1n) is 10.9. The number of benzene rings is 2. The second-order valence-corrected chi connectivity index (χ2v) is 11.4. The smallest absolute Gasteiger partial charge is 0.417 e. The summed E-state index contributed by atoms with van der Waals surface area (Å²) in [6.45, 7) is 4.44. The Kier molecular flexibility index (Phi) is 6.99. The molecule has 2 N–H and O–H groups in total. The molecule has 1 unspecified atom stereocenters. The van der Waals surface area contributed by atoms with Crippen molar-refractivity contribution in [1.82, 2.24) is 4.98 Å². The first-order chi connectivity index (χ1) is 16.2. The van der Waals surface area contributed by atoms with Crippen molar-refractivity contribution in [2.45, 2.75) is 55.7 Å². The number of halogens is 3. The Morgan fingerprint density at radius 2 is 1.80 bits per heavy atom. The van der Waals surface area contributed by atoms with Gasteiger partial charge in [-0.25, -0.2) is 8.42 Å². The van der Waals surface area contributed by atoms with Gasteiger partial charge in [0.1, 0.15) is 11.8 Å². The summed E-state index contributed by atoms with van der Waals surface area (Å²) < 4.78 is 73.2. The third kappa shape index (κ3) is 5.02. The Morgan fingerprint density at radius 3 is 2.37 bits per heavy atom. The van der Waals surface area contributed by atoms with Gasteiger partial charge in [0.15, 0.2) is 15.4 Å². The van der Waals surface area contributed by atoms with Gasteiger partial charge in [0.05, 0.1) is 23.3 Å². The van der Waals surface area contributed by atoms with Gasteiger partial charge in [-0.1, -0.05) is 39.0 Å². The van der Waals surface area contributed by atoms with E-state index in [-0.39, 0.29) is 33.2 Å². The van der Waals surface area contributed by atoms with Gasteiger partial charge < -0.3 is 14.8 Å². The van der Waals surface area contributed by atoms with Gasteiger partial charge >= 0.3 is 6.18 Å². The van der Waals surface area contributed by atoms with Crippen LogP contribution >= 0.6 is 0 Å². The number of aromatic amines is 1. The minimum Gasteiger partial charge on any atom is -0.496 e. The summed E-state index contributed by atoms with van der Waals surface area (Å²) in [4.78, 5) is 2.80. The largest absolute Gasteiger partial charge is 0.496 e. The molecule has 3 rings (SSSR count). The second-order valence-electron chi connectivity index (χ2n) is 9.17. The summed E-state index contributed by atoms with van der Waals surface area (Å²) in [6.07, 6.45) is -6.74. The normalized spacial score (nSPS) is 14.5. The highest BCUT2D eigenvalue weighted by Gasteiger charge is 2.56. The molecule has 0 saturated carbocycles. The Labute approximate surface area is 202 Å². The quantitative estimate of drug-likeness (QED) is 0.444. The van der Waals surface area contributed by atoms with Gasteiger partial charge in [0.2, 0.25) is 0 Å². The summed E-state index contributed by atoms with van der Waals surface area (Å²) in [6, 6.07) is 12.6. The van der Waals surface area contributed by atoms with Crippen LogP contribution < -0.4 is 4.74 Å². The molecule has 10 heteroatoms. The van der Waals surface area contributed by atoms with Crippen molar-refractivity contribution < 1.29 is 31.4 Å². The molecule has 1 heterocycles. The molecule has 0 aliphatic rings. The number of nitrogens with one attached hydrogen (secondary N) is 1. The summed E-state index contributed by atoms with van der Waals surface area (Å²) in [5, 5.41) is 21.1. The molecule has 0 radical (unpaired) electrons. The summed E-state index contributed by atoms with van der Waals surface area (Å²) in [7, 11) is -2.30. The lowest BCUT2D eigenvalue weighted by atomic mass is 9.73. The van der Waals surface area contributed by atoms with Crippen LogP contribution in [-0.2, 0) is 21.7 Å². The Hall–Kier alpha value is -3.03. The standard InChI is InChI=1S/C25H27F3N2O4S/c1-5-35(32,33)16-10-11-22(34-4)19(12-16)23(2,3)15-24(31,25(26,27)28)13-21-18(14-29)17-8-6-7-9-20(17)30-21/h6-12,30-31H,5,13,15H2,1-4H3. The van der Waals surface area contributed by atoms with Gasteiger partial charge in [-0.2, -0.15) is 18.4 Å². The molecule has 0 aliphatic carbocycles. The van der Waals surface area contributed by atoms with E-state index in [4.69, 9.17) is 4.74 Å².